The summed E-state index contributed by atoms with van der Waals surface area (Å²) >= 11 is 0. The third-order valence-electron chi connectivity index (χ3n) is 3.54. The highest BCUT2D eigenvalue weighted by atomic mass is 16.1. The second kappa shape index (κ2) is 3.17. The van der Waals surface area contributed by atoms with E-state index in [1.54, 1.807) is 0 Å². The van der Waals surface area contributed by atoms with Crippen molar-refractivity contribution in [1.82, 2.24) is 0 Å². The Kier molecular flexibility index (Phi) is 2.19. The highest BCUT2D eigenvalue weighted by Gasteiger charge is 2.46. The van der Waals surface area contributed by atoms with Crippen LogP contribution in [0.3, 0.4) is 0 Å². The minimum Gasteiger partial charge on any atom is -0.319 e. The molecule has 1 aromatic carbocycles. The second-order valence-corrected chi connectivity index (χ2v) is 4.67. The average Bonchev–Trinajstić information content (AvgIpc) is 2.94. The van der Waals surface area contributed by atoms with Gasteiger partial charge in [-0.25, -0.2) is 0 Å². The molecule has 0 radical (unpaired) electrons. The van der Waals surface area contributed by atoms with E-state index in [-0.39, 0.29) is 5.78 Å². The number of aryl methyl sites for hydroxylation is 1. The highest BCUT2D eigenvalue weighted by Crippen LogP contribution is 2.36. The molecule has 0 heterocycles. The molecule has 2 nitrogen and oxygen atoms in total. The Morgan fingerprint density at radius 1 is 1.20 bits per heavy atom. The predicted octanol–water partition coefficient (Wildman–Crippen LogP) is 2.29. The van der Waals surface area contributed by atoms with Gasteiger partial charge in [-0.1, -0.05) is 12.1 Å². The van der Waals surface area contributed by atoms with Gasteiger partial charge in [-0.15, -0.1) is 0 Å². The van der Waals surface area contributed by atoms with Crippen molar-refractivity contribution in [3.8, 4) is 0 Å². The lowest BCUT2D eigenvalue weighted by atomic mass is 9.93. The Hall–Kier alpha value is -1.15. The van der Waals surface area contributed by atoms with Gasteiger partial charge in [-0.2, -0.15) is 0 Å². The van der Waals surface area contributed by atoms with E-state index in [9.17, 15) is 4.79 Å². The molecule has 1 aromatic rings. The summed E-state index contributed by atoms with van der Waals surface area (Å²) in [6.45, 7) is 6.12. The van der Waals surface area contributed by atoms with Crippen LogP contribution in [0.2, 0.25) is 0 Å². The lowest BCUT2D eigenvalue weighted by Crippen LogP contribution is -2.33. The number of benzene rings is 1. The van der Waals surface area contributed by atoms with E-state index in [4.69, 9.17) is 5.73 Å². The molecule has 0 aliphatic heterocycles. The smallest absolute Gasteiger partial charge is 0.182 e. The van der Waals surface area contributed by atoms with Crippen molar-refractivity contribution in [3.05, 3.63) is 34.4 Å². The SMILES string of the molecule is Cc1ccc(C(=O)C2(N)CC2)c(C)c1C. The number of carbonyl (C=O) groups is 1. The molecule has 80 valence electrons. The van der Waals surface area contributed by atoms with Crippen molar-refractivity contribution in [2.75, 3.05) is 0 Å². The first-order valence-electron chi connectivity index (χ1n) is 5.36. The molecule has 1 saturated carbocycles. The molecule has 0 aromatic heterocycles. The second-order valence-electron chi connectivity index (χ2n) is 4.67. The van der Waals surface area contributed by atoms with Crippen molar-refractivity contribution in [2.45, 2.75) is 39.2 Å². The van der Waals surface area contributed by atoms with Crippen LogP contribution in [0.15, 0.2) is 12.1 Å². The van der Waals surface area contributed by atoms with Crippen LogP contribution in [-0.2, 0) is 0 Å². The maximum Gasteiger partial charge on any atom is 0.182 e. The number of rotatable bonds is 2. The molecule has 0 amide bonds. The predicted molar refractivity (Wildman–Crippen MR) is 61.1 cm³/mol. The molecule has 1 aliphatic rings. The third-order valence-corrected chi connectivity index (χ3v) is 3.54. The number of carbonyl (C=O) groups excluding carboxylic acids is 1. The van der Waals surface area contributed by atoms with E-state index in [1.807, 2.05) is 19.1 Å². The fraction of sp³-hybridized carbons (Fsp3) is 0.462. The standard InChI is InChI=1S/C13H17NO/c1-8-4-5-11(10(3)9(8)2)12(15)13(14)6-7-13/h4-5H,6-7,14H2,1-3H3. The van der Waals surface area contributed by atoms with Gasteiger partial charge in [0.2, 0.25) is 0 Å². The van der Waals surface area contributed by atoms with Gasteiger partial charge in [-0.3, -0.25) is 4.79 Å². The molecule has 1 fully saturated rings. The average molecular weight is 203 g/mol. The molecule has 0 atom stereocenters. The largest absolute Gasteiger partial charge is 0.319 e. The number of nitrogens with two attached hydrogens (primary N) is 1. The monoisotopic (exact) mass is 203 g/mol. The van der Waals surface area contributed by atoms with Crippen molar-refractivity contribution in [3.63, 3.8) is 0 Å². The zero-order chi connectivity index (χ0) is 11.2. The topological polar surface area (TPSA) is 43.1 Å². The molecule has 1 aliphatic carbocycles. The van der Waals surface area contributed by atoms with E-state index in [2.05, 4.69) is 13.8 Å². The zero-order valence-electron chi connectivity index (χ0n) is 9.55. The summed E-state index contributed by atoms with van der Waals surface area (Å²) in [6, 6.07) is 3.91. The Morgan fingerprint density at radius 3 is 2.33 bits per heavy atom. The Morgan fingerprint density at radius 2 is 1.80 bits per heavy atom. The lowest BCUT2D eigenvalue weighted by molar-refractivity contribution is 0.0948. The molecule has 0 saturated heterocycles. The van der Waals surface area contributed by atoms with Crippen molar-refractivity contribution < 1.29 is 4.79 Å². The summed E-state index contributed by atoms with van der Waals surface area (Å²) < 4.78 is 0. The van der Waals surface area contributed by atoms with Crippen LogP contribution in [0.1, 0.15) is 39.9 Å². The van der Waals surface area contributed by atoms with Crippen molar-refractivity contribution >= 4 is 5.78 Å². The minimum absolute atomic E-state index is 0.114. The molecule has 2 heteroatoms. The number of Topliss-reactive ketones (excluding diaryl/α,β-unsaturated/α-hetero) is 1. The van der Waals surface area contributed by atoms with Gasteiger partial charge in [0.25, 0.3) is 0 Å². The molecule has 0 unspecified atom stereocenters. The quantitative estimate of drug-likeness (QED) is 0.749. The first-order chi connectivity index (χ1) is 6.96. The minimum atomic E-state index is -0.549. The molecule has 2 N–H and O–H groups in total. The van der Waals surface area contributed by atoms with Crippen LogP contribution < -0.4 is 5.73 Å². The van der Waals surface area contributed by atoms with Gasteiger partial charge < -0.3 is 5.73 Å². The van der Waals surface area contributed by atoms with E-state index >= 15 is 0 Å². The van der Waals surface area contributed by atoms with Gasteiger partial charge >= 0.3 is 0 Å². The molecule has 15 heavy (non-hydrogen) atoms. The maximum absolute atomic E-state index is 12.1. The van der Waals surface area contributed by atoms with Gasteiger partial charge in [0, 0.05) is 5.56 Å². The number of ketones is 1. The summed E-state index contributed by atoms with van der Waals surface area (Å²) in [5, 5.41) is 0. The van der Waals surface area contributed by atoms with Crippen molar-refractivity contribution in [1.29, 1.82) is 0 Å². The van der Waals surface area contributed by atoms with E-state index in [0.717, 1.165) is 24.0 Å². The van der Waals surface area contributed by atoms with Gasteiger partial charge in [-0.05, 0) is 50.3 Å². The summed E-state index contributed by atoms with van der Waals surface area (Å²) in [7, 11) is 0. The normalized spacial score (nSPS) is 17.6. The van der Waals surface area contributed by atoms with E-state index in [0.29, 0.717) is 0 Å². The molecule has 0 bridgehead atoms. The molecule has 2 rings (SSSR count). The maximum atomic E-state index is 12.1. The summed E-state index contributed by atoms with van der Waals surface area (Å²) in [4.78, 5) is 12.1. The van der Waals surface area contributed by atoms with Crippen LogP contribution in [-0.4, -0.2) is 11.3 Å². The Labute approximate surface area is 90.5 Å². The summed E-state index contributed by atoms with van der Waals surface area (Å²) in [5.41, 5.74) is 9.69. The molecular weight excluding hydrogens is 186 g/mol. The fourth-order valence-electron chi connectivity index (χ4n) is 1.83. The molecular formula is C13H17NO. The number of hydrogen-bond acceptors (Lipinski definition) is 2. The van der Waals surface area contributed by atoms with Crippen molar-refractivity contribution in [2.24, 2.45) is 5.73 Å². The van der Waals surface area contributed by atoms with Gasteiger partial charge in [0.1, 0.15) is 0 Å². The van der Waals surface area contributed by atoms with Crippen LogP contribution in [0.5, 0.6) is 0 Å². The summed E-state index contributed by atoms with van der Waals surface area (Å²) in [5.74, 6) is 0.114. The third kappa shape index (κ3) is 1.59. The zero-order valence-corrected chi connectivity index (χ0v) is 9.55. The first-order valence-corrected chi connectivity index (χ1v) is 5.36. The lowest BCUT2D eigenvalue weighted by Gasteiger charge is -2.13. The van der Waals surface area contributed by atoms with Crippen LogP contribution >= 0.6 is 0 Å². The van der Waals surface area contributed by atoms with Gasteiger partial charge in [0.15, 0.2) is 5.78 Å². The van der Waals surface area contributed by atoms with Gasteiger partial charge in [0.05, 0.1) is 5.54 Å². The van der Waals surface area contributed by atoms with E-state index in [1.165, 1.54) is 11.1 Å². The Bertz CT molecular complexity index is 430. The van der Waals surface area contributed by atoms with Crippen LogP contribution in [0.25, 0.3) is 0 Å². The van der Waals surface area contributed by atoms with E-state index < -0.39 is 5.54 Å². The molecule has 0 spiro atoms. The number of hydrogen-bond donors (Lipinski definition) is 1. The van der Waals surface area contributed by atoms with Crippen LogP contribution in [0, 0.1) is 20.8 Å². The summed E-state index contributed by atoms with van der Waals surface area (Å²) in [6.07, 6.45) is 1.66. The Balaban J connectivity index is 2.45. The van der Waals surface area contributed by atoms with Crippen LogP contribution in [0.4, 0.5) is 0 Å². The first kappa shape index (κ1) is 10.4. The highest BCUT2D eigenvalue weighted by molar-refractivity contribution is 6.06. The fourth-order valence-corrected chi connectivity index (χ4v) is 1.83.